The maximum absolute atomic E-state index is 12.1. The van der Waals surface area contributed by atoms with Crippen molar-refractivity contribution in [2.45, 2.75) is 0 Å². The molecule has 0 aliphatic carbocycles. The van der Waals surface area contributed by atoms with E-state index in [0.717, 1.165) is 0 Å². The van der Waals surface area contributed by atoms with Gasteiger partial charge in [-0.1, -0.05) is 23.7 Å². The molecule has 0 aromatic heterocycles. The van der Waals surface area contributed by atoms with Crippen LogP contribution in [-0.4, -0.2) is 45.2 Å². The molecule has 0 unspecified atom stereocenters. The van der Waals surface area contributed by atoms with Crippen molar-refractivity contribution >= 4 is 35.1 Å². The number of para-hydroxylation sites is 1. The lowest BCUT2D eigenvalue weighted by Crippen LogP contribution is -2.25. The van der Waals surface area contributed by atoms with Gasteiger partial charge in [-0.05, 0) is 30.3 Å². The van der Waals surface area contributed by atoms with E-state index >= 15 is 0 Å². The minimum atomic E-state index is -0.735. The number of halogens is 1. The molecule has 0 fully saturated rings. The van der Waals surface area contributed by atoms with Gasteiger partial charge in [0.1, 0.15) is 17.1 Å². The molecular weight excluding hydrogens is 388 g/mol. The number of rotatable bonds is 8. The smallest absolute Gasteiger partial charge is 0.342 e. The molecule has 0 radical (unpaired) electrons. The van der Waals surface area contributed by atoms with Gasteiger partial charge in [0, 0.05) is 12.7 Å². The number of ether oxygens (including phenoxy) is 3. The fourth-order valence-corrected chi connectivity index (χ4v) is 2.38. The number of hydrogen-bond donors (Lipinski definition) is 2. The molecule has 148 valence electrons. The van der Waals surface area contributed by atoms with Crippen LogP contribution >= 0.6 is 11.6 Å². The molecule has 0 atom stereocenters. The standard InChI is InChI=1S/C19H19ClN2O6/c1-21-17(23)10-28-19(25)13-5-3-4-6-15(13)27-11-18(24)22-12-7-8-16(26-2)14(20)9-12/h3-9H,10-11H2,1-2H3,(H,21,23)(H,22,24). The molecule has 0 saturated heterocycles. The van der Waals surface area contributed by atoms with Crippen molar-refractivity contribution in [3.8, 4) is 11.5 Å². The Bertz CT molecular complexity index is 871. The van der Waals surface area contributed by atoms with Crippen LogP contribution in [0.15, 0.2) is 42.5 Å². The zero-order chi connectivity index (χ0) is 20.5. The van der Waals surface area contributed by atoms with E-state index in [1.165, 1.54) is 26.3 Å². The van der Waals surface area contributed by atoms with Gasteiger partial charge in [-0.25, -0.2) is 4.79 Å². The monoisotopic (exact) mass is 406 g/mol. The van der Waals surface area contributed by atoms with Crippen LogP contribution in [0.1, 0.15) is 10.4 Å². The Hall–Kier alpha value is -3.26. The van der Waals surface area contributed by atoms with Gasteiger partial charge in [-0.3, -0.25) is 9.59 Å². The maximum atomic E-state index is 12.1. The maximum Gasteiger partial charge on any atom is 0.342 e. The SMILES string of the molecule is CNC(=O)COC(=O)c1ccccc1OCC(=O)Nc1ccc(OC)c(Cl)c1. The first-order valence-corrected chi connectivity index (χ1v) is 8.55. The van der Waals surface area contributed by atoms with Crippen molar-refractivity contribution in [1.82, 2.24) is 5.32 Å². The van der Waals surface area contributed by atoms with Crippen LogP contribution in [-0.2, 0) is 14.3 Å². The van der Waals surface area contributed by atoms with Crippen molar-refractivity contribution in [2.75, 3.05) is 32.7 Å². The van der Waals surface area contributed by atoms with E-state index in [9.17, 15) is 14.4 Å². The van der Waals surface area contributed by atoms with Gasteiger partial charge in [0.25, 0.3) is 11.8 Å². The third-order valence-electron chi connectivity index (χ3n) is 3.51. The summed E-state index contributed by atoms with van der Waals surface area (Å²) in [5.74, 6) is -0.979. The highest BCUT2D eigenvalue weighted by molar-refractivity contribution is 6.32. The number of hydrogen-bond acceptors (Lipinski definition) is 6. The Kier molecular flexibility index (Phi) is 7.65. The zero-order valence-electron chi connectivity index (χ0n) is 15.3. The normalized spacial score (nSPS) is 9.96. The summed E-state index contributed by atoms with van der Waals surface area (Å²) < 4.78 is 15.4. The predicted molar refractivity (Wildman–Crippen MR) is 103 cm³/mol. The first-order chi connectivity index (χ1) is 13.4. The minimum absolute atomic E-state index is 0.103. The molecule has 0 heterocycles. The van der Waals surface area contributed by atoms with Gasteiger partial charge >= 0.3 is 5.97 Å². The highest BCUT2D eigenvalue weighted by Gasteiger charge is 2.16. The van der Waals surface area contributed by atoms with Crippen molar-refractivity contribution in [2.24, 2.45) is 0 Å². The Labute approximate surface area is 166 Å². The predicted octanol–water partition coefficient (Wildman–Crippen LogP) is 2.27. The molecule has 2 aromatic rings. The molecule has 8 nitrogen and oxygen atoms in total. The first kappa shape index (κ1) is 21.0. The number of carbonyl (C=O) groups is 3. The summed E-state index contributed by atoms with van der Waals surface area (Å²) in [6.07, 6.45) is 0. The third kappa shape index (κ3) is 5.88. The Balaban J connectivity index is 1.96. The largest absolute Gasteiger partial charge is 0.495 e. The van der Waals surface area contributed by atoms with Crippen molar-refractivity contribution in [1.29, 1.82) is 0 Å². The average Bonchev–Trinajstić information content (AvgIpc) is 2.70. The highest BCUT2D eigenvalue weighted by atomic mass is 35.5. The molecule has 0 aliphatic rings. The number of nitrogens with one attached hydrogen (secondary N) is 2. The van der Waals surface area contributed by atoms with E-state index in [0.29, 0.717) is 16.5 Å². The summed E-state index contributed by atoms with van der Waals surface area (Å²) >= 11 is 6.02. The van der Waals surface area contributed by atoms with Crippen LogP contribution < -0.4 is 20.1 Å². The highest BCUT2D eigenvalue weighted by Crippen LogP contribution is 2.27. The van der Waals surface area contributed by atoms with Crippen LogP contribution in [0.4, 0.5) is 5.69 Å². The van der Waals surface area contributed by atoms with Crippen LogP contribution in [0.5, 0.6) is 11.5 Å². The molecule has 0 saturated carbocycles. The fourth-order valence-electron chi connectivity index (χ4n) is 2.13. The summed E-state index contributed by atoms with van der Waals surface area (Å²) in [4.78, 5) is 35.4. The van der Waals surface area contributed by atoms with Crippen molar-refractivity contribution in [3.63, 3.8) is 0 Å². The number of amides is 2. The molecule has 9 heteroatoms. The van der Waals surface area contributed by atoms with E-state index in [4.69, 9.17) is 25.8 Å². The number of benzene rings is 2. The summed E-state index contributed by atoms with van der Waals surface area (Å²) in [6, 6.07) is 11.1. The van der Waals surface area contributed by atoms with E-state index in [1.807, 2.05) is 0 Å². The van der Waals surface area contributed by atoms with Gasteiger partial charge < -0.3 is 24.8 Å². The second kappa shape index (κ2) is 10.2. The Morgan fingerprint density at radius 1 is 1.00 bits per heavy atom. The lowest BCUT2D eigenvalue weighted by atomic mass is 10.2. The van der Waals surface area contributed by atoms with E-state index < -0.39 is 24.4 Å². The third-order valence-corrected chi connectivity index (χ3v) is 3.81. The molecular formula is C19H19ClN2O6. The first-order valence-electron chi connectivity index (χ1n) is 8.17. The van der Waals surface area contributed by atoms with Crippen LogP contribution in [0.2, 0.25) is 5.02 Å². The van der Waals surface area contributed by atoms with Gasteiger partial charge in [0.15, 0.2) is 13.2 Å². The van der Waals surface area contributed by atoms with Crippen molar-refractivity contribution in [3.05, 3.63) is 53.1 Å². The molecule has 0 spiro atoms. The van der Waals surface area contributed by atoms with Gasteiger partial charge in [-0.15, -0.1) is 0 Å². The van der Waals surface area contributed by atoms with E-state index in [1.54, 1.807) is 30.3 Å². The number of methoxy groups -OCH3 is 1. The number of esters is 1. The van der Waals surface area contributed by atoms with Gasteiger partial charge in [-0.2, -0.15) is 0 Å². The quantitative estimate of drug-likeness (QED) is 0.652. The molecule has 28 heavy (non-hydrogen) atoms. The number of anilines is 1. The summed E-state index contributed by atoms with van der Waals surface area (Å²) in [7, 11) is 2.92. The lowest BCUT2D eigenvalue weighted by molar-refractivity contribution is -0.123. The van der Waals surface area contributed by atoms with E-state index in [-0.39, 0.29) is 17.9 Å². The molecule has 0 bridgehead atoms. The number of carbonyl (C=O) groups excluding carboxylic acids is 3. The minimum Gasteiger partial charge on any atom is -0.495 e. The van der Waals surface area contributed by atoms with Gasteiger partial charge in [0.2, 0.25) is 0 Å². The van der Waals surface area contributed by atoms with Crippen LogP contribution in [0, 0.1) is 0 Å². The average molecular weight is 407 g/mol. The van der Waals surface area contributed by atoms with Gasteiger partial charge in [0.05, 0.1) is 12.1 Å². The zero-order valence-corrected chi connectivity index (χ0v) is 16.0. The summed E-state index contributed by atoms with van der Waals surface area (Å²) in [5.41, 5.74) is 0.573. The summed E-state index contributed by atoms with van der Waals surface area (Å²) in [6.45, 7) is -0.758. The second-order valence-corrected chi connectivity index (χ2v) is 5.84. The topological polar surface area (TPSA) is 103 Å². The van der Waals surface area contributed by atoms with E-state index in [2.05, 4.69) is 10.6 Å². The van der Waals surface area contributed by atoms with Crippen molar-refractivity contribution < 1.29 is 28.6 Å². The summed E-state index contributed by atoms with van der Waals surface area (Å²) in [5, 5.41) is 5.32. The Morgan fingerprint density at radius 3 is 2.43 bits per heavy atom. The lowest BCUT2D eigenvalue weighted by Gasteiger charge is -2.12. The van der Waals surface area contributed by atoms with Crippen LogP contribution in [0.25, 0.3) is 0 Å². The molecule has 2 rings (SSSR count). The molecule has 2 amide bonds. The Morgan fingerprint density at radius 2 is 1.75 bits per heavy atom. The second-order valence-electron chi connectivity index (χ2n) is 5.43. The number of likely N-dealkylation sites (N-methyl/N-ethyl adjacent to an activating group) is 1. The molecule has 0 aliphatic heterocycles. The molecule has 2 aromatic carbocycles. The molecule has 2 N–H and O–H groups in total. The fraction of sp³-hybridized carbons (Fsp3) is 0.211. The van der Waals surface area contributed by atoms with Crippen LogP contribution in [0.3, 0.4) is 0 Å².